The van der Waals surface area contributed by atoms with E-state index in [1.54, 1.807) is 48.5 Å². The van der Waals surface area contributed by atoms with Crippen molar-refractivity contribution in [3.8, 4) is 0 Å². The zero-order valence-electron chi connectivity index (χ0n) is 14.8. The highest BCUT2D eigenvalue weighted by atomic mass is 16.2. The molecule has 1 heterocycles. The van der Waals surface area contributed by atoms with Gasteiger partial charge in [-0.1, -0.05) is 44.4 Å². The van der Waals surface area contributed by atoms with Crippen LogP contribution in [0.1, 0.15) is 63.7 Å². The molecule has 5 nitrogen and oxygen atoms in total. The minimum atomic E-state index is -0.359. The zero-order valence-corrected chi connectivity index (χ0v) is 14.8. The molecule has 0 fully saturated rings. The van der Waals surface area contributed by atoms with Crippen LogP contribution >= 0.6 is 0 Å². The lowest BCUT2D eigenvalue weighted by Gasteiger charge is -2.15. The molecule has 1 N–H and O–H groups in total. The number of nitrogens with one attached hydrogen (secondary N) is 1. The summed E-state index contributed by atoms with van der Waals surface area (Å²) >= 11 is 0. The number of benzene rings is 2. The first-order valence-electron chi connectivity index (χ1n) is 8.99. The van der Waals surface area contributed by atoms with E-state index < -0.39 is 0 Å². The Bertz CT molecular complexity index is 810. The Morgan fingerprint density at radius 1 is 0.923 bits per heavy atom. The number of hydrogen-bond acceptors (Lipinski definition) is 3. The minimum absolute atomic E-state index is 0.194. The van der Waals surface area contributed by atoms with Crippen LogP contribution in [0.5, 0.6) is 0 Å². The van der Waals surface area contributed by atoms with Crippen LogP contribution in [0.25, 0.3) is 0 Å². The molecule has 134 valence electrons. The summed E-state index contributed by atoms with van der Waals surface area (Å²) in [5.74, 6) is -0.912. The van der Waals surface area contributed by atoms with E-state index in [0.717, 1.165) is 30.6 Å². The third-order valence-corrected chi connectivity index (χ3v) is 4.48. The molecule has 0 atom stereocenters. The number of carbonyl (C=O) groups excluding carboxylic acids is 3. The van der Waals surface area contributed by atoms with Crippen molar-refractivity contribution in [3.63, 3.8) is 0 Å². The summed E-state index contributed by atoms with van der Waals surface area (Å²) in [6.45, 7) is 2.76. The van der Waals surface area contributed by atoms with Crippen molar-refractivity contribution in [3.05, 3.63) is 65.2 Å². The van der Waals surface area contributed by atoms with Crippen LogP contribution in [0.2, 0.25) is 0 Å². The first kappa shape index (κ1) is 17.9. The Morgan fingerprint density at radius 2 is 1.62 bits per heavy atom. The Morgan fingerprint density at radius 3 is 2.27 bits per heavy atom. The molecular formula is C21H22N2O3. The molecule has 0 unspecified atom stereocenters. The van der Waals surface area contributed by atoms with Crippen molar-refractivity contribution in [2.24, 2.45) is 0 Å². The number of nitrogens with zero attached hydrogens (tertiary/aromatic N) is 1. The lowest BCUT2D eigenvalue weighted by molar-refractivity contribution is 0.0919. The minimum Gasteiger partial charge on any atom is -0.352 e. The maximum absolute atomic E-state index is 12.6. The lowest BCUT2D eigenvalue weighted by Crippen LogP contribution is -2.30. The van der Waals surface area contributed by atoms with Gasteiger partial charge in [0.1, 0.15) is 0 Å². The molecule has 0 bridgehead atoms. The monoisotopic (exact) mass is 350 g/mol. The summed E-state index contributed by atoms with van der Waals surface area (Å²) in [6, 6.07) is 13.4. The second kappa shape index (κ2) is 7.95. The summed E-state index contributed by atoms with van der Waals surface area (Å²) in [5.41, 5.74) is 1.64. The number of hydrogen-bond donors (Lipinski definition) is 1. The van der Waals surface area contributed by atoms with Crippen LogP contribution in [0, 0.1) is 0 Å². The Kier molecular flexibility index (Phi) is 5.46. The van der Waals surface area contributed by atoms with Crippen molar-refractivity contribution >= 4 is 23.4 Å². The van der Waals surface area contributed by atoms with Gasteiger partial charge in [-0.15, -0.1) is 0 Å². The highest BCUT2D eigenvalue weighted by molar-refractivity contribution is 6.34. The Hall–Kier alpha value is -2.95. The van der Waals surface area contributed by atoms with Crippen LogP contribution in [-0.4, -0.2) is 24.3 Å². The number of carbonyl (C=O) groups is 3. The average Bonchev–Trinajstić information content (AvgIpc) is 2.92. The van der Waals surface area contributed by atoms with E-state index in [1.807, 2.05) is 0 Å². The normalized spacial score (nSPS) is 13.0. The van der Waals surface area contributed by atoms with Crippen molar-refractivity contribution in [1.29, 1.82) is 0 Å². The first-order valence-corrected chi connectivity index (χ1v) is 8.99. The molecule has 0 aliphatic carbocycles. The second-order valence-electron chi connectivity index (χ2n) is 6.36. The fourth-order valence-corrected chi connectivity index (χ4v) is 3.07. The van der Waals surface area contributed by atoms with Gasteiger partial charge in [0.2, 0.25) is 0 Å². The van der Waals surface area contributed by atoms with Crippen molar-refractivity contribution < 1.29 is 14.4 Å². The largest absolute Gasteiger partial charge is 0.352 e. The van der Waals surface area contributed by atoms with Crippen LogP contribution in [0.3, 0.4) is 0 Å². The molecular weight excluding hydrogens is 328 g/mol. The van der Waals surface area contributed by atoms with E-state index in [-0.39, 0.29) is 17.7 Å². The van der Waals surface area contributed by atoms with Crippen molar-refractivity contribution in [2.75, 3.05) is 11.4 Å². The topological polar surface area (TPSA) is 66.5 Å². The van der Waals surface area contributed by atoms with Gasteiger partial charge >= 0.3 is 0 Å². The van der Waals surface area contributed by atoms with E-state index in [0.29, 0.717) is 28.9 Å². The highest BCUT2D eigenvalue weighted by Gasteiger charge is 2.36. The predicted octanol–water partition coefficient (Wildman–Crippen LogP) is 3.80. The molecule has 3 rings (SSSR count). The smallest absolute Gasteiger partial charge is 0.266 e. The number of rotatable bonds is 7. The molecule has 1 aliphatic heterocycles. The molecule has 0 spiro atoms. The number of unbranched alkanes of at least 4 members (excludes halogenated alkanes) is 3. The molecule has 0 saturated heterocycles. The van der Waals surface area contributed by atoms with E-state index in [2.05, 4.69) is 12.2 Å². The van der Waals surface area contributed by atoms with Crippen molar-refractivity contribution in [1.82, 2.24) is 5.32 Å². The summed E-state index contributed by atoms with van der Waals surface area (Å²) in [6.07, 6.45) is 4.34. The summed E-state index contributed by atoms with van der Waals surface area (Å²) in [7, 11) is 0. The first-order chi connectivity index (χ1) is 12.6. The van der Waals surface area contributed by atoms with Gasteiger partial charge in [-0.05, 0) is 36.8 Å². The van der Waals surface area contributed by atoms with Crippen LogP contribution in [0.4, 0.5) is 5.69 Å². The van der Waals surface area contributed by atoms with Gasteiger partial charge in [-0.2, -0.15) is 0 Å². The SMILES string of the molecule is CCCCCCNC(=O)c1cccc(N2C(=O)c3ccccc3C2=O)c1. The van der Waals surface area contributed by atoms with E-state index in [9.17, 15) is 14.4 Å². The highest BCUT2D eigenvalue weighted by Crippen LogP contribution is 2.28. The molecule has 0 saturated carbocycles. The van der Waals surface area contributed by atoms with Gasteiger partial charge < -0.3 is 5.32 Å². The molecule has 2 aromatic rings. The molecule has 0 radical (unpaired) electrons. The van der Waals surface area contributed by atoms with Gasteiger partial charge in [0.05, 0.1) is 16.8 Å². The van der Waals surface area contributed by atoms with Gasteiger partial charge in [0, 0.05) is 12.1 Å². The second-order valence-corrected chi connectivity index (χ2v) is 6.36. The van der Waals surface area contributed by atoms with Gasteiger partial charge in [-0.3, -0.25) is 14.4 Å². The average molecular weight is 350 g/mol. The van der Waals surface area contributed by atoms with E-state index >= 15 is 0 Å². The fraction of sp³-hybridized carbons (Fsp3) is 0.286. The number of amides is 3. The summed E-state index contributed by atoms with van der Waals surface area (Å²) in [4.78, 5) is 38.6. The predicted molar refractivity (Wildman–Crippen MR) is 100 cm³/mol. The zero-order chi connectivity index (χ0) is 18.5. The van der Waals surface area contributed by atoms with Crippen LogP contribution in [-0.2, 0) is 0 Å². The van der Waals surface area contributed by atoms with Crippen molar-refractivity contribution in [2.45, 2.75) is 32.6 Å². The van der Waals surface area contributed by atoms with Gasteiger partial charge in [0.15, 0.2) is 0 Å². The van der Waals surface area contributed by atoms with E-state index in [1.165, 1.54) is 0 Å². The maximum atomic E-state index is 12.6. The number of imide groups is 1. The summed E-state index contributed by atoms with van der Waals surface area (Å²) < 4.78 is 0. The number of fused-ring (bicyclic) bond motifs is 1. The quantitative estimate of drug-likeness (QED) is 0.610. The summed E-state index contributed by atoms with van der Waals surface area (Å²) in [5, 5.41) is 2.89. The fourth-order valence-electron chi connectivity index (χ4n) is 3.07. The molecule has 0 aromatic heterocycles. The lowest BCUT2D eigenvalue weighted by atomic mass is 10.1. The third-order valence-electron chi connectivity index (χ3n) is 4.48. The number of anilines is 1. The molecule has 3 amide bonds. The maximum Gasteiger partial charge on any atom is 0.266 e. The molecule has 2 aromatic carbocycles. The Balaban J connectivity index is 1.73. The molecule has 5 heteroatoms. The van der Waals surface area contributed by atoms with E-state index in [4.69, 9.17) is 0 Å². The van der Waals surface area contributed by atoms with Crippen LogP contribution in [0.15, 0.2) is 48.5 Å². The molecule has 1 aliphatic rings. The Labute approximate surface area is 153 Å². The van der Waals surface area contributed by atoms with Gasteiger partial charge in [-0.25, -0.2) is 4.90 Å². The van der Waals surface area contributed by atoms with Gasteiger partial charge in [0.25, 0.3) is 17.7 Å². The molecule has 26 heavy (non-hydrogen) atoms. The standard InChI is InChI=1S/C21H22N2O3/c1-2-3-4-7-13-22-19(24)15-9-8-10-16(14-15)23-20(25)17-11-5-6-12-18(17)21(23)26/h5-6,8-12,14H,2-4,7,13H2,1H3,(H,22,24). The third kappa shape index (κ3) is 3.52. The van der Waals surface area contributed by atoms with Crippen LogP contribution < -0.4 is 10.2 Å².